The summed E-state index contributed by atoms with van der Waals surface area (Å²) in [7, 11) is 0. The quantitative estimate of drug-likeness (QED) is 0.839. The monoisotopic (exact) mass is 238 g/mol. The lowest BCUT2D eigenvalue weighted by atomic mass is 10.3. The van der Waals surface area contributed by atoms with Gasteiger partial charge in [0.2, 0.25) is 0 Å². The van der Waals surface area contributed by atoms with Crippen molar-refractivity contribution < 1.29 is 9.32 Å². The van der Waals surface area contributed by atoms with Crippen LogP contribution in [0.15, 0.2) is 10.6 Å². The van der Waals surface area contributed by atoms with Crippen molar-refractivity contribution in [2.24, 2.45) is 0 Å². The molecule has 1 fully saturated rings. The fourth-order valence-corrected chi connectivity index (χ4v) is 1.88. The largest absolute Gasteiger partial charge is 0.360 e. The molecule has 0 spiro atoms. The molecule has 0 aliphatic carbocycles. The molecule has 0 aromatic carbocycles. The van der Waals surface area contributed by atoms with Gasteiger partial charge in [0.1, 0.15) is 5.76 Å². The molecule has 94 valence electrons. The molecule has 0 bridgehead atoms. The lowest BCUT2D eigenvalue weighted by Gasteiger charge is -2.33. The number of aromatic nitrogens is 1. The highest BCUT2D eigenvalue weighted by atomic mass is 16.5. The van der Waals surface area contributed by atoms with Crippen LogP contribution in [0.1, 0.15) is 12.7 Å². The predicted octanol–water partition coefficient (Wildman–Crippen LogP) is 1.15. The highest BCUT2D eigenvalue weighted by Gasteiger charge is 2.20. The Balaban J connectivity index is 1.85. The minimum absolute atomic E-state index is 0.103. The number of likely N-dealkylation sites (N-methyl/N-ethyl adjacent to an activating group) is 1. The second-order valence-electron chi connectivity index (χ2n) is 4.17. The summed E-state index contributed by atoms with van der Waals surface area (Å²) in [6.07, 6.45) is 0. The Morgan fingerprint density at radius 2 is 2.18 bits per heavy atom. The highest BCUT2D eigenvalue weighted by Crippen LogP contribution is 2.09. The molecule has 0 radical (unpaired) electrons. The van der Waals surface area contributed by atoms with E-state index in [1.54, 1.807) is 17.9 Å². The molecule has 0 unspecified atom stereocenters. The standard InChI is InChI=1S/C11H18N4O2/c1-3-14-4-6-15(7-5-14)11(16)12-10-8-9(2)17-13-10/h8H,3-7H2,1-2H3,(H,12,13,16). The third-order valence-electron chi connectivity index (χ3n) is 2.97. The number of hydrogen-bond donors (Lipinski definition) is 1. The van der Waals surface area contributed by atoms with Gasteiger partial charge in [-0.1, -0.05) is 12.1 Å². The van der Waals surface area contributed by atoms with E-state index in [4.69, 9.17) is 4.52 Å². The maximum Gasteiger partial charge on any atom is 0.323 e. The number of carbonyl (C=O) groups excluding carboxylic acids is 1. The smallest absolute Gasteiger partial charge is 0.323 e. The summed E-state index contributed by atoms with van der Waals surface area (Å²) < 4.78 is 4.90. The molecule has 0 atom stereocenters. The summed E-state index contributed by atoms with van der Waals surface area (Å²) >= 11 is 0. The lowest BCUT2D eigenvalue weighted by Crippen LogP contribution is -2.49. The van der Waals surface area contributed by atoms with Gasteiger partial charge in [-0.2, -0.15) is 0 Å². The Morgan fingerprint density at radius 3 is 2.71 bits per heavy atom. The molecule has 1 aliphatic heterocycles. The Hall–Kier alpha value is -1.56. The van der Waals surface area contributed by atoms with Crippen LogP contribution in [0.3, 0.4) is 0 Å². The van der Waals surface area contributed by atoms with E-state index in [0.29, 0.717) is 11.6 Å². The number of nitrogens with one attached hydrogen (secondary N) is 1. The zero-order valence-corrected chi connectivity index (χ0v) is 10.3. The number of hydrogen-bond acceptors (Lipinski definition) is 4. The second kappa shape index (κ2) is 5.18. The number of amides is 2. The van der Waals surface area contributed by atoms with Gasteiger partial charge >= 0.3 is 6.03 Å². The van der Waals surface area contributed by atoms with Crippen molar-refractivity contribution >= 4 is 11.8 Å². The molecular formula is C11H18N4O2. The van der Waals surface area contributed by atoms with Crippen molar-refractivity contribution in [3.8, 4) is 0 Å². The van der Waals surface area contributed by atoms with Gasteiger partial charge in [0, 0.05) is 32.2 Å². The van der Waals surface area contributed by atoms with Crippen LogP contribution in [0, 0.1) is 6.92 Å². The second-order valence-corrected chi connectivity index (χ2v) is 4.17. The summed E-state index contributed by atoms with van der Waals surface area (Å²) in [5.74, 6) is 1.17. The third kappa shape index (κ3) is 2.97. The van der Waals surface area contributed by atoms with Crippen LogP contribution in [0.2, 0.25) is 0 Å². The van der Waals surface area contributed by atoms with E-state index in [0.717, 1.165) is 32.7 Å². The van der Waals surface area contributed by atoms with Gasteiger partial charge in [0.05, 0.1) is 0 Å². The molecule has 1 saturated heterocycles. The number of aryl methyl sites for hydroxylation is 1. The molecule has 6 nitrogen and oxygen atoms in total. The van der Waals surface area contributed by atoms with Gasteiger partial charge in [-0.15, -0.1) is 0 Å². The third-order valence-corrected chi connectivity index (χ3v) is 2.97. The number of carbonyl (C=O) groups is 1. The van der Waals surface area contributed by atoms with Crippen molar-refractivity contribution in [2.75, 3.05) is 38.0 Å². The molecule has 1 aliphatic rings. The predicted molar refractivity (Wildman–Crippen MR) is 63.9 cm³/mol. The summed E-state index contributed by atoms with van der Waals surface area (Å²) in [4.78, 5) is 16.0. The van der Waals surface area contributed by atoms with Crippen molar-refractivity contribution in [3.05, 3.63) is 11.8 Å². The number of nitrogens with zero attached hydrogens (tertiary/aromatic N) is 3. The average Bonchev–Trinajstić information content (AvgIpc) is 2.75. The molecular weight excluding hydrogens is 220 g/mol. The minimum atomic E-state index is -0.103. The SMILES string of the molecule is CCN1CCN(C(=O)Nc2cc(C)on2)CC1. The zero-order chi connectivity index (χ0) is 12.3. The molecule has 1 aromatic rings. The zero-order valence-electron chi connectivity index (χ0n) is 10.3. The van der Waals surface area contributed by atoms with Crippen LogP contribution < -0.4 is 5.32 Å². The number of anilines is 1. The van der Waals surface area contributed by atoms with Crippen molar-refractivity contribution in [2.45, 2.75) is 13.8 Å². The van der Waals surface area contributed by atoms with Gasteiger partial charge in [0.15, 0.2) is 5.82 Å². The highest BCUT2D eigenvalue weighted by molar-refractivity contribution is 5.88. The summed E-state index contributed by atoms with van der Waals surface area (Å²) in [6, 6.07) is 1.61. The topological polar surface area (TPSA) is 61.6 Å². The van der Waals surface area contributed by atoms with Crippen LogP contribution in [-0.4, -0.2) is 53.7 Å². The first-order valence-electron chi connectivity index (χ1n) is 5.90. The van der Waals surface area contributed by atoms with E-state index in [1.165, 1.54) is 0 Å². The molecule has 1 aromatic heterocycles. The summed E-state index contributed by atoms with van der Waals surface area (Å²) in [6.45, 7) is 8.35. The first-order chi connectivity index (χ1) is 8.19. The van der Waals surface area contributed by atoms with Crippen molar-refractivity contribution in [3.63, 3.8) is 0 Å². The Bertz CT molecular complexity index is 383. The van der Waals surface area contributed by atoms with E-state index in [1.807, 2.05) is 0 Å². The van der Waals surface area contributed by atoms with E-state index in [9.17, 15) is 4.79 Å². The van der Waals surface area contributed by atoms with Gasteiger partial charge in [-0.3, -0.25) is 5.32 Å². The van der Waals surface area contributed by atoms with Crippen molar-refractivity contribution in [1.82, 2.24) is 15.0 Å². The normalized spacial score (nSPS) is 17.2. The maximum atomic E-state index is 11.9. The number of urea groups is 1. The van der Waals surface area contributed by atoms with E-state index < -0.39 is 0 Å². The Kier molecular flexibility index (Phi) is 3.63. The first-order valence-corrected chi connectivity index (χ1v) is 5.90. The molecule has 0 saturated carbocycles. The van der Waals surface area contributed by atoms with Crippen LogP contribution in [0.5, 0.6) is 0 Å². The number of piperazine rings is 1. The first kappa shape index (κ1) is 11.9. The molecule has 2 amide bonds. The average molecular weight is 238 g/mol. The molecule has 1 N–H and O–H groups in total. The fraction of sp³-hybridized carbons (Fsp3) is 0.636. The van der Waals surface area contributed by atoms with E-state index >= 15 is 0 Å². The van der Waals surface area contributed by atoms with Gasteiger partial charge < -0.3 is 14.3 Å². The van der Waals surface area contributed by atoms with E-state index in [-0.39, 0.29) is 6.03 Å². The summed E-state index contributed by atoms with van der Waals surface area (Å²) in [5.41, 5.74) is 0. The van der Waals surface area contributed by atoms with Crippen LogP contribution in [0.4, 0.5) is 10.6 Å². The lowest BCUT2D eigenvalue weighted by molar-refractivity contribution is 0.151. The minimum Gasteiger partial charge on any atom is -0.360 e. The van der Waals surface area contributed by atoms with Gasteiger partial charge in [-0.25, -0.2) is 4.79 Å². The molecule has 2 rings (SSSR count). The Labute approximate surface area is 101 Å². The van der Waals surface area contributed by atoms with Crippen LogP contribution >= 0.6 is 0 Å². The van der Waals surface area contributed by atoms with Crippen LogP contribution in [-0.2, 0) is 0 Å². The fourth-order valence-electron chi connectivity index (χ4n) is 1.88. The number of rotatable bonds is 2. The maximum absolute atomic E-state index is 11.9. The van der Waals surface area contributed by atoms with Gasteiger partial charge in [-0.05, 0) is 13.5 Å². The molecule has 2 heterocycles. The van der Waals surface area contributed by atoms with Crippen LogP contribution in [0.25, 0.3) is 0 Å². The van der Waals surface area contributed by atoms with E-state index in [2.05, 4.69) is 22.3 Å². The summed E-state index contributed by atoms with van der Waals surface area (Å²) in [5, 5.41) is 6.47. The molecule has 6 heteroatoms. The Morgan fingerprint density at radius 1 is 1.47 bits per heavy atom. The van der Waals surface area contributed by atoms with Crippen molar-refractivity contribution in [1.29, 1.82) is 0 Å². The van der Waals surface area contributed by atoms with Gasteiger partial charge in [0.25, 0.3) is 0 Å². The molecule has 17 heavy (non-hydrogen) atoms.